The average molecular weight is 252 g/mol. The Morgan fingerprint density at radius 2 is 2.28 bits per heavy atom. The van der Waals surface area contributed by atoms with E-state index in [0.29, 0.717) is 12.4 Å². The number of amides is 1. The van der Waals surface area contributed by atoms with Gasteiger partial charge >= 0.3 is 0 Å². The van der Waals surface area contributed by atoms with Gasteiger partial charge in [-0.1, -0.05) is 5.16 Å². The molecule has 0 saturated carbocycles. The third-order valence-corrected chi connectivity index (χ3v) is 3.23. The average Bonchev–Trinajstić information content (AvgIpc) is 2.87. The van der Waals surface area contributed by atoms with Crippen LogP contribution in [0.2, 0.25) is 0 Å². The Kier molecular flexibility index (Phi) is 4.69. The van der Waals surface area contributed by atoms with E-state index in [9.17, 15) is 4.79 Å². The minimum Gasteiger partial charge on any atom is -0.349 e. The van der Waals surface area contributed by atoms with Crippen molar-refractivity contribution in [3.63, 3.8) is 0 Å². The number of nitrogens with one attached hydrogen (secondary N) is 2. The number of hydrogen-bond donors (Lipinski definition) is 2. The van der Waals surface area contributed by atoms with Gasteiger partial charge in [0.05, 0.1) is 0 Å². The molecule has 1 fully saturated rings. The molecule has 0 bridgehead atoms. The lowest BCUT2D eigenvalue weighted by molar-refractivity contribution is 0.0942. The van der Waals surface area contributed by atoms with Gasteiger partial charge in [0.15, 0.2) is 0 Å². The number of carbonyl (C=O) groups is 1. The second kappa shape index (κ2) is 6.49. The maximum absolute atomic E-state index is 11.5. The van der Waals surface area contributed by atoms with Crippen LogP contribution in [-0.2, 0) is 6.42 Å². The zero-order valence-electron chi connectivity index (χ0n) is 10.7. The molecule has 1 saturated heterocycles. The van der Waals surface area contributed by atoms with E-state index in [1.807, 2.05) is 6.92 Å². The SMILES string of the molecule is CCNC(=O)c1noc(CCC2CCNCC2)n1. The molecule has 0 radical (unpaired) electrons. The Hall–Kier alpha value is -1.43. The quantitative estimate of drug-likeness (QED) is 0.808. The van der Waals surface area contributed by atoms with Gasteiger partial charge in [-0.2, -0.15) is 4.98 Å². The summed E-state index contributed by atoms with van der Waals surface area (Å²) in [4.78, 5) is 15.6. The summed E-state index contributed by atoms with van der Waals surface area (Å²) < 4.78 is 5.09. The smallest absolute Gasteiger partial charge is 0.292 e. The Morgan fingerprint density at radius 1 is 1.50 bits per heavy atom. The first-order chi connectivity index (χ1) is 8.79. The van der Waals surface area contributed by atoms with Crippen molar-refractivity contribution in [3.05, 3.63) is 11.7 Å². The molecule has 1 aromatic heterocycles. The van der Waals surface area contributed by atoms with Crippen molar-refractivity contribution in [3.8, 4) is 0 Å². The minimum absolute atomic E-state index is 0.136. The highest BCUT2D eigenvalue weighted by atomic mass is 16.5. The lowest BCUT2D eigenvalue weighted by atomic mass is 9.93. The van der Waals surface area contributed by atoms with E-state index >= 15 is 0 Å². The summed E-state index contributed by atoms with van der Waals surface area (Å²) in [7, 11) is 0. The zero-order chi connectivity index (χ0) is 12.8. The molecule has 6 heteroatoms. The van der Waals surface area contributed by atoms with E-state index in [4.69, 9.17) is 4.52 Å². The van der Waals surface area contributed by atoms with Crippen molar-refractivity contribution in [1.82, 2.24) is 20.8 Å². The molecule has 2 rings (SSSR count). The molecule has 0 unspecified atom stereocenters. The van der Waals surface area contributed by atoms with Gasteiger partial charge < -0.3 is 15.2 Å². The highest BCUT2D eigenvalue weighted by Gasteiger charge is 2.17. The van der Waals surface area contributed by atoms with Crippen LogP contribution in [0.4, 0.5) is 0 Å². The number of aryl methyl sites for hydroxylation is 1. The molecule has 2 heterocycles. The predicted octanol–water partition coefficient (Wildman–Crippen LogP) is 0.752. The number of piperidine rings is 1. The standard InChI is InChI=1S/C12H20N4O2/c1-2-14-12(17)11-15-10(18-16-11)4-3-9-5-7-13-8-6-9/h9,13H,2-8H2,1H3,(H,14,17). The molecule has 2 N–H and O–H groups in total. The molecule has 0 atom stereocenters. The van der Waals surface area contributed by atoms with Gasteiger partial charge in [0.2, 0.25) is 5.89 Å². The Labute approximate surface area is 107 Å². The molecule has 100 valence electrons. The van der Waals surface area contributed by atoms with Gasteiger partial charge in [0, 0.05) is 13.0 Å². The molecule has 0 aromatic carbocycles. The largest absolute Gasteiger partial charge is 0.349 e. The van der Waals surface area contributed by atoms with Crippen molar-refractivity contribution in [2.24, 2.45) is 5.92 Å². The van der Waals surface area contributed by atoms with E-state index in [2.05, 4.69) is 20.8 Å². The van der Waals surface area contributed by atoms with Crippen LogP contribution in [0.1, 0.15) is 42.7 Å². The molecular formula is C12H20N4O2. The fraction of sp³-hybridized carbons (Fsp3) is 0.750. The number of carbonyl (C=O) groups excluding carboxylic acids is 1. The van der Waals surface area contributed by atoms with Gasteiger partial charge in [-0.3, -0.25) is 4.79 Å². The first-order valence-corrected chi connectivity index (χ1v) is 6.61. The van der Waals surface area contributed by atoms with Gasteiger partial charge in [-0.05, 0) is 45.2 Å². The van der Waals surface area contributed by atoms with Crippen molar-refractivity contribution in [2.75, 3.05) is 19.6 Å². The summed E-state index contributed by atoms with van der Waals surface area (Å²) in [5.74, 6) is 1.16. The normalized spacial score (nSPS) is 16.7. The van der Waals surface area contributed by atoms with Crippen LogP contribution in [-0.4, -0.2) is 35.7 Å². The lowest BCUT2D eigenvalue weighted by Gasteiger charge is -2.21. The van der Waals surface area contributed by atoms with Gasteiger partial charge in [0.1, 0.15) is 0 Å². The van der Waals surface area contributed by atoms with E-state index in [1.165, 1.54) is 12.8 Å². The number of nitrogens with zero attached hydrogens (tertiary/aromatic N) is 2. The first kappa shape index (κ1) is 13.0. The molecule has 1 amide bonds. The van der Waals surface area contributed by atoms with E-state index in [1.54, 1.807) is 0 Å². The van der Waals surface area contributed by atoms with Crippen molar-refractivity contribution in [2.45, 2.75) is 32.6 Å². The summed E-state index contributed by atoms with van der Waals surface area (Å²) in [6, 6.07) is 0. The summed E-state index contributed by atoms with van der Waals surface area (Å²) in [6.45, 7) is 4.62. The second-order valence-electron chi connectivity index (χ2n) is 4.60. The Balaban J connectivity index is 1.80. The fourth-order valence-corrected chi connectivity index (χ4v) is 2.19. The Bertz CT molecular complexity index is 385. The third kappa shape index (κ3) is 3.53. The molecule has 0 spiro atoms. The maximum Gasteiger partial charge on any atom is 0.292 e. The Morgan fingerprint density at radius 3 is 3.00 bits per heavy atom. The van der Waals surface area contributed by atoms with Gasteiger partial charge in [-0.25, -0.2) is 0 Å². The summed E-state index contributed by atoms with van der Waals surface area (Å²) in [5.41, 5.74) is 0. The van der Waals surface area contributed by atoms with E-state index < -0.39 is 0 Å². The molecule has 18 heavy (non-hydrogen) atoms. The summed E-state index contributed by atoms with van der Waals surface area (Å²) in [6.07, 6.45) is 4.23. The minimum atomic E-state index is -0.269. The molecule has 0 aliphatic carbocycles. The fourth-order valence-electron chi connectivity index (χ4n) is 2.19. The molecule has 1 aliphatic heterocycles. The van der Waals surface area contributed by atoms with Crippen LogP contribution < -0.4 is 10.6 Å². The van der Waals surface area contributed by atoms with Crippen LogP contribution in [0, 0.1) is 5.92 Å². The van der Waals surface area contributed by atoms with E-state index in [-0.39, 0.29) is 11.7 Å². The van der Waals surface area contributed by atoms with Gasteiger partial charge in [-0.15, -0.1) is 0 Å². The monoisotopic (exact) mass is 252 g/mol. The topological polar surface area (TPSA) is 80.0 Å². The van der Waals surface area contributed by atoms with Crippen molar-refractivity contribution in [1.29, 1.82) is 0 Å². The van der Waals surface area contributed by atoms with Crippen LogP contribution in [0.3, 0.4) is 0 Å². The zero-order valence-corrected chi connectivity index (χ0v) is 10.7. The highest BCUT2D eigenvalue weighted by Crippen LogP contribution is 2.18. The molecular weight excluding hydrogens is 232 g/mol. The van der Waals surface area contributed by atoms with Crippen LogP contribution in [0.15, 0.2) is 4.52 Å². The molecule has 1 aliphatic rings. The lowest BCUT2D eigenvalue weighted by Crippen LogP contribution is -2.27. The highest BCUT2D eigenvalue weighted by molar-refractivity contribution is 5.90. The van der Waals surface area contributed by atoms with Crippen LogP contribution >= 0.6 is 0 Å². The summed E-state index contributed by atoms with van der Waals surface area (Å²) in [5, 5.41) is 9.68. The number of aromatic nitrogens is 2. The van der Waals surface area contributed by atoms with Crippen LogP contribution in [0.5, 0.6) is 0 Å². The summed E-state index contributed by atoms with van der Waals surface area (Å²) >= 11 is 0. The van der Waals surface area contributed by atoms with Crippen molar-refractivity contribution >= 4 is 5.91 Å². The second-order valence-corrected chi connectivity index (χ2v) is 4.60. The van der Waals surface area contributed by atoms with Crippen LogP contribution in [0.25, 0.3) is 0 Å². The number of hydrogen-bond acceptors (Lipinski definition) is 5. The molecule has 1 aromatic rings. The van der Waals surface area contributed by atoms with Crippen molar-refractivity contribution < 1.29 is 9.32 Å². The van der Waals surface area contributed by atoms with Gasteiger partial charge in [0.25, 0.3) is 11.7 Å². The maximum atomic E-state index is 11.5. The van der Waals surface area contributed by atoms with E-state index in [0.717, 1.165) is 31.8 Å². The third-order valence-electron chi connectivity index (χ3n) is 3.23. The first-order valence-electron chi connectivity index (χ1n) is 6.61. The number of rotatable bonds is 5. The predicted molar refractivity (Wildman–Crippen MR) is 66.2 cm³/mol. The molecule has 6 nitrogen and oxygen atoms in total.